The van der Waals surface area contributed by atoms with Gasteiger partial charge in [0.1, 0.15) is 12.4 Å². The van der Waals surface area contributed by atoms with Crippen LogP contribution in [0.3, 0.4) is 0 Å². The lowest BCUT2D eigenvalue weighted by Crippen LogP contribution is -2.31. The van der Waals surface area contributed by atoms with E-state index in [0.29, 0.717) is 33.7 Å². The lowest BCUT2D eigenvalue weighted by Gasteiger charge is -2.09. The van der Waals surface area contributed by atoms with Crippen molar-refractivity contribution < 1.29 is 22.7 Å². The van der Waals surface area contributed by atoms with Crippen molar-refractivity contribution >= 4 is 50.5 Å². The van der Waals surface area contributed by atoms with Crippen LogP contribution < -0.4 is 14.8 Å². The van der Waals surface area contributed by atoms with Crippen molar-refractivity contribution in [2.45, 2.75) is 24.8 Å². The molecule has 2 amide bonds. The third-order valence-corrected chi connectivity index (χ3v) is 8.50. The summed E-state index contributed by atoms with van der Waals surface area (Å²) in [6.07, 6.45) is 1.65. The van der Waals surface area contributed by atoms with E-state index < -0.39 is 15.9 Å². The number of hydrogen-bond donors (Lipinski definition) is 2. The highest BCUT2D eigenvalue weighted by Crippen LogP contribution is 2.31. The second-order valence-corrected chi connectivity index (χ2v) is 12.2. The maximum Gasteiger partial charge on any atom is 0.264 e. The third kappa shape index (κ3) is 7.54. The fourth-order valence-electron chi connectivity index (χ4n) is 4.04. The summed E-state index contributed by atoms with van der Waals surface area (Å²) in [6.45, 7) is 2.26. The number of rotatable bonds is 9. The molecule has 8 nitrogen and oxygen atoms in total. The van der Waals surface area contributed by atoms with Crippen LogP contribution in [0.5, 0.6) is 5.75 Å². The quantitative estimate of drug-likeness (QED) is 0.246. The van der Waals surface area contributed by atoms with E-state index in [-0.39, 0.29) is 17.2 Å². The molecule has 1 heterocycles. The SMILES string of the molecule is Cc1ccc(S(=O)(=O)NC(=O)Cc2ccc(N=C3NC(=O)C(=Cc4ccccc4OCc4ccccc4)S3)cc2)cc1. The molecule has 0 aliphatic carbocycles. The van der Waals surface area contributed by atoms with Gasteiger partial charge in [0.05, 0.1) is 21.9 Å². The van der Waals surface area contributed by atoms with Crippen molar-refractivity contribution in [1.29, 1.82) is 0 Å². The largest absolute Gasteiger partial charge is 0.488 e. The number of sulfonamides is 1. The number of amides is 2. The summed E-state index contributed by atoms with van der Waals surface area (Å²) in [4.78, 5) is 30.1. The zero-order valence-corrected chi connectivity index (χ0v) is 24.2. The minimum atomic E-state index is -3.95. The number of nitrogens with one attached hydrogen (secondary N) is 2. The molecule has 0 saturated carbocycles. The summed E-state index contributed by atoms with van der Waals surface area (Å²) in [5.41, 5.74) is 3.93. The van der Waals surface area contributed by atoms with Gasteiger partial charge in [0, 0.05) is 5.56 Å². The van der Waals surface area contributed by atoms with Crippen molar-refractivity contribution in [3.05, 3.63) is 130 Å². The number of carbonyl (C=O) groups is 2. The number of aliphatic imine (C=N–C) groups is 1. The van der Waals surface area contributed by atoms with Gasteiger partial charge >= 0.3 is 0 Å². The van der Waals surface area contributed by atoms with Crippen LogP contribution in [0, 0.1) is 6.92 Å². The summed E-state index contributed by atoms with van der Waals surface area (Å²) in [5.74, 6) is -0.241. The van der Waals surface area contributed by atoms with E-state index in [1.807, 2.05) is 61.5 Å². The molecule has 10 heteroatoms. The molecule has 0 atom stereocenters. The molecule has 0 aromatic heterocycles. The molecule has 212 valence electrons. The Morgan fingerprint density at radius 3 is 2.33 bits per heavy atom. The molecule has 0 radical (unpaired) electrons. The van der Waals surface area contributed by atoms with E-state index in [1.54, 1.807) is 42.5 Å². The Balaban J connectivity index is 1.21. The highest BCUT2D eigenvalue weighted by atomic mass is 32.2. The first kappa shape index (κ1) is 28.8. The first-order valence-corrected chi connectivity index (χ1v) is 15.3. The lowest BCUT2D eigenvalue weighted by atomic mass is 10.1. The Morgan fingerprint density at radius 2 is 1.60 bits per heavy atom. The van der Waals surface area contributed by atoms with Crippen LogP contribution in [0.2, 0.25) is 0 Å². The van der Waals surface area contributed by atoms with Crippen LogP contribution in [0.4, 0.5) is 5.69 Å². The van der Waals surface area contributed by atoms with Gasteiger partial charge in [-0.15, -0.1) is 0 Å². The van der Waals surface area contributed by atoms with Gasteiger partial charge in [-0.25, -0.2) is 18.1 Å². The number of ether oxygens (including phenoxy) is 1. The van der Waals surface area contributed by atoms with E-state index in [1.165, 1.54) is 23.9 Å². The Kier molecular flexibility index (Phi) is 8.85. The molecule has 1 fully saturated rings. The van der Waals surface area contributed by atoms with Gasteiger partial charge in [0.2, 0.25) is 5.91 Å². The molecular formula is C32H27N3O5S2. The van der Waals surface area contributed by atoms with E-state index in [4.69, 9.17) is 4.74 Å². The average molecular weight is 598 g/mol. The minimum Gasteiger partial charge on any atom is -0.488 e. The summed E-state index contributed by atoms with van der Waals surface area (Å²) in [5, 5.41) is 3.20. The number of carbonyl (C=O) groups excluding carboxylic acids is 2. The van der Waals surface area contributed by atoms with Crippen molar-refractivity contribution in [1.82, 2.24) is 10.0 Å². The third-order valence-electron chi connectivity index (χ3n) is 6.20. The van der Waals surface area contributed by atoms with Crippen LogP contribution in [-0.2, 0) is 32.6 Å². The van der Waals surface area contributed by atoms with E-state index >= 15 is 0 Å². The standard InChI is InChI=1S/C32H27N3O5S2/c1-22-11-17-27(18-12-22)42(38,39)35-30(36)19-23-13-15-26(16-14-23)33-32-34-31(37)29(41-32)20-25-9-5-6-10-28(25)40-21-24-7-3-2-4-8-24/h2-18,20H,19,21H2,1H3,(H,35,36)(H,33,34,37). The Labute approximate surface area is 248 Å². The van der Waals surface area contributed by atoms with Gasteiger partial charge in [-0.2, -0.15) is 0 Å². The van der Waals surface area contributed by atoms with Crippen molar-refractivity contribution in [2.75, 3.05) is 0 Å². The Hall–Kier alpha value is -4.67. The summed E-state index contributed by atoms with van der Waals surface area (Å²) in [7, 11) is -3.95. The first-order chi connectivity index (χ1) is 20.2. The smallest absolute Gasteiger partial charge is 0.264 e. The maximum absolute atomic E-state index is 12.7. The molecule has 5 rings (SSSR count). The monoisotopic (exact) mass is 597 g/mol. The predicted octanol–water partition coefficient (Wildman–Crippen LogP) is 5.51. The maximum atomic E-state index is 12.7. The van der Waals surface area contributed by atoms with Crippen molar-refractivity contribution in [3.8, 4) is 5.75 Å². The van der Waals surface area contributed by atoms with Crippen LogP contribution in [0.15, 0.2) is 118 Å². The van der Waals surface area contributed by atoms with Gasteiger partial charge in [0.25, 0.3) is 15.9 Å². The molecule has 0 unspecified atom stereocenters. The molecule has 1 aliphatic heterocycles. The van der Waals surface area contributed by atoms with Gasteiger partial charge in [-0.05, 0) is 66.2 Å². The topological polar surface area (TPSA) is 114 Å². The van der Waals surface area contributed by atoms with Gasteiger partial charge in [-0.3, -0.25) is 9.59 Å². The van der Waals surface area contributed by atoms with Gasteiger partial charge < -0.3 is 10.1 Å². The summed E-state index contributed by atoms with van der Waals surface area (Å²) >= 11 is 1.22. The van der Waals surface area contributed by atoms with Crippen molar-refractivity contribution in [3.63, 3.8) is 0 Å². The molecule has 4 aromatic carbocycles. The zero-order valence-electron chi connectivity index (χ0n) is 22.6. The molecule has 42 heavy (non-hydrogen) atoms. The van der Waals surface area contributed by atoms with Gasteiger partial charge in [0.15, 0.2) is 5.17 Å². The minimum absolute atomic E-state index is 0.0281. The average Bonchev–Trinajstić information content (AvgIpc) is 3.32. The normalized spacial score (nSPS) is 15.0. The molecule has 0 bridgehead atoms. The zero-order chi connectivity index (χ0) is 29.5. The number of aryl methyl sites for hydroxylation is 1. The van der Waals surface area contributed by atoms with E-state index in [0.717, 1.165) is 16.7 Å². The number of para-hydroxylation sites is 1. The molecule has 2 N–H and O–H groups in total. The van der Waals surface area contributed by atoms with Crippen molar-refractivity contribution in [2.24, 2.45) is 4.99 Å². The fraction of sp³-hybridized carbons (Fsp3) is 0.0938. The number of thioether (sulfide) groups is 1. The highest BCUT2D eigenvalue weighted by molar-refractivity contribution is 8.18. The molecule has 1 aliphatic rings. The van der Waals surface area contributed by atoms with Crippen LogP contribution in [0.25, 0.3) is 6.08 Å². The first-order valence-electron chi connectivity index (χ1n) is 13.0. The van der Waals surface area contributed by atoms with E-state index in [9.17, 15) is 18.0 Å². The number of hydrogen-bond acceptors (Lipinski definition) is 7. The lowest BCUT2D eigenvalue weighted by molar-refractivity contribution is -0.118. The van der Waals surface area contributed by atoms with Crippen LogP contribution in [-0.4, -0.2) is 25.4 Å². The number of amidine groups is 1. The molecule has 4 aromatic rings. The Bertz CT molecular complexity index is 1770. The second kappa shape index (κ2) is 12.9. The fourth-order valence-corrected chi connectivity index (χ4v) is 5.86. The number of benzene rings is 4. The number of nitrogens with zero attached hydrogens (tertiary/aromatic N) is 1. The molecule has 0 spiro atoms. The Morgan fingerprint density at radius 1 is 0.905 bits per heavy atom. The summed E-state index contributed by atoms with van der Waals surface area (Å²) < 4.78 is 33.1. The second-order valence-electron chi connectivity index (χ2n) is 9.48. The highest BCUT2D eigenvalue weighted by Gasteiger charge is 2.24. The van der Waals surface area contributed by atoms with Crippen LogP contribution >= 0.6 is 11.8 Å². The summed E-state index contributed by atoms with van der Waals surface area (Å²) in [6, 6.07) is 30.4. The predicted molar refractivity (Wildman–Crippen MR) is 165 cm³/mol. The molecule has 1 saturated heterocycles. The molecular weight excluding hydrogens is 571 g/mol. The van der Waals surface area contributed by atoms with Crippen LogP contribution in [0.1, 0.15) is 22.3 Å². The van der Waals surface area contributed by atoms with Gasteiger partial charge in [-0.1, -0.05) is 78.4 Å². The van der Waals surface area contributed by atoms with E-state index in [2.05, 4.69) is 15.0 Å².